The largest absolute Gasteiger partial charge is 0.459 e. The van der Waals surface area contributed by atoms with Gasteiger partial charge in [-0.25, -0.2) is 9.18 Å². The second-order valence-corrected chi connectivity index (χ2v) is 6.46. The first-order chi connectivity index (χ1) is 11.9. The number of nitrogens with zero attached hydrogens (tertiary/aromatic N) is 1. The van der Waals surface area contributed by atoms with E-state index < -0.39 is 29.6 Å². The number of rotatable bonds is 4. The maximum absolute atomic E-state index is 13.8. The maximum Gasteiger partial charge on any atom is 0.329 e. The molecule has 5 nitrogen and oxygen atoms in total. The van der Waals surface area contributed by atoms with Crippen molar-refractivity contribution in [1.82, 2.24) is 4.90 Å². The molecule has 1 aliphatic rings. The van der Waals surface area contributed by atoms with Crippen molar-refractivity contribution in [2.45, 2.75) is 19.6 Å². The highest BCUT2D eigenvalue weighted by Gasteiger charge is 2.41. The van der Waals surface area contributed by atoms with Gasteiger partial charge in [0.15, 0.2) is 0 Å². The highest BCUT2D eigenvalue weighted by atomic mass is 79.9. The summed E-state index contributed by atoms with van der Waals surface area (Å²) in [6, 6.07) is 9.62. The molecule has 2 aromatic carbocycles. The van der Waals surface area contributed by atoms with Crippen molar-refractivity contribution in [2.75, 3.05) is 0 Å². The molecule has 1 aliphatic heterocycles. The smallest absolute Gasteiger partial charge is 0.329 e. The average Bonchev–Trinajstić information content (AvgIpc) is 2.85. The van der Waals surface area contributed by atoms with E-state index in [2.05, 4.69) is 15.9 Å². The van der Waals surface area contributed by atoms with Crippen LogP contribution in [0.1, 0.15) is 33.2 Å². The number of hydrogen-bond donors (Lipinski definition) is 0. The summed E-state index contributed by atoms with van der Waals surface area (Å²) in [7, 11) is 0. The Morgan fingerprint density at radius 3 is 2.32 bits per heavy atom. The molecule has 0 bridgehead atoms. The van der Waals surface area contributed by atoms with Crippen molar-refractivity contribution in [3.63, 3.8) is 0 Å². The number of amides is 2. The van der Waals surface area contributed by atoms with Crippen molar-refractivity contribution in [3.05, 3.63) is 69.4 Å². The summed E-state index contributed by atoms with van der Waals surface area (Å²) < 4.78 is 19.4. The van der Waals surface area contributed by atoms with Gasteiger partial charge in [-0.1, -0.05) is 34.1 Å². The molecule has 0 spiro atoms. The lowest BCUT2D eigenvalue weighted by Crippen LogP contribution is -2.43. The quantitative estimate of drug-likeness (QED) is 0.578. The molecular formula is C18H13BrFNO4. The average molecular weight is 406 g/mol. The Hall–Kier alpha value is -2.54. The molecule has 0 aliphatic carbocycles. The number of carbonyl (C=O) groups is 3. The van der Waals surface area contributed by atoms with Crippen LogP contribution in [0.5, 0.6) is 0 Å². The lowest BCUT2D eigenvalue weighted by Gasteiger charge is -2.21. The topological polar surface area (TPSA) is 63.7 Å². The first-order valence-corrected chi connectivity index (χ1v) is 8.27. The summed E-state index contributed by atoms with van der Waals surface area (Å²) in [6.45, 7) is 1.12. The zero-order chi connectivity index (χ0) is 18.1. The normalized spacial score (nSPS) is 14.4. The van der Waals surface area contributed by atoms with Crippen LogP contribution in [-0.2, 0) is 16.1 Å². The van der Waals surface area contributed by atoms with Crippen LogP contribution in [0.2, 0.25) is 0 Å². The van der Waals surface area contributed by atoms with Crippen LogP contribution in [0, 0.1) is 5.82 Å². The van der Waals surface area contributed by atoms with Gasteiger partial charge >= 0.3 is 5.97 Å². The van der Waals surface area contributed by atoms with Crippen molar-refractivity contribution >= 4 is 33.7 Å². The van der Waals surface area contributed by atoms with Gasteiger partial charge in [-0.3, -0.25) is 14.5 Å². The van der Waals surface area contributed by atoms with Gasteiger partial charge in [-0.2, -0.15) is 0 Å². The summed E-state index contributed by atoms with van der Waals surface area (Å²) >= 11 is 3.14. The van der Waals surface area contributed by atoms with Crippen molar-refractivity contribution in [1.29, 1.82) is 0 Å². The van der Waals surface area contributed by atoms with E-state index >= 15 is 0 Å². The molecule has 1 heterocycles. The Balaban J connectivity index is 1.71. The molecular weight excluding hydrogens is 393 g/mol. The summed E-state index contributed by atoms with van der Waals surface area (Å²) in [5, 5.41) is 0. The predicted octanol–water partition coefficient (Wildman–Crippen LogP) is 3.32. The minimum absolute atomic E-state index is 0.200. The monoisotopic (exact) mass is 405 g/mol. The summed E-state index contributed by atoms with van der Waals surface area (Å²) in [4.78, 5) is 37.8. The molecule has 1 atom stereocenters. The third-order valence-electron chi connectivity index (χ3n) is 3.94. The van der Waals surface area contributed by atoms with E-state index in [0.29, 0.717) is 4.47 Å². The Kier molecular flexibility index (Phi) is 4.67. The molecule has 0 fully saturated rings. The Bertz CT molecular complexity index is 848. The van der Waals surface area contributed by atoms with Crippen molar-refractivity contribution in [3.8, 4) is 0 Å². The number of benzene rings is 2. The number of carbonyl (C=O) groups excluding carboxylic acids is 3. The van der Waals surface area contributed by atoms with E-state index in [4.69, 9.17) is 4.74 Å². The van der Waals surface area contributed by atoms with Crippen molar-refractivity contribution in [2.24, 2.45) is 0 Å². The molecule has 25 heavy (non-hydrogen) atoms. The Labute approximate surface area is 151 Å². The Morgan fingerprint density at radius 2 is 1.76 bits per heavy atom. The zero-order valence-electron chi connectivity index (χ0n) is 13.2. The summed E-state index contributed by atoms with van der Waals surface area (Å²) in [5.41, 5.74) is 0.711. The van der Waals surface area contributed by atoms with Crippen LogP contribution in [0.15, 0.2) is 46.9 Å². The van der Waals surface area contributed by atoms with Gasteiger partial charge in [-0.05, 0) is 31.2 Å². The number of hydrogen-bond acceptors (Lipinski definition) is 4. The summed E-state index contributed by atoms with van der Waals surface area (Å²) in [5.74, 6) is -2.38. The van der Waals surface area contributed by atoms with Gasteiger partial charge in [0.25, 0.3) is 11.8 Å². The summed E-state index contributed by atoms with van der Waals surface area (Å²) in [6.07, 6.45) is 0. The highest BCUT2D eigenvalue weighted by Crippen LogP contribution is 2.25. The van der Waals surface area contributed by atoms with Crippen molar-refractivity contribution < 1.29 is 23.5 Å². The van der Waals surface area contributed by atoms with Crippen LogP contribution in [0.25, 0.3) is 0 Å². The van der Waals surface area contributed by atoms with Crippen LogP contribution in [-0.4, -0.2) is 28.7 Å². The van der Waals surface area contributed by atoms with E-state index in [1.54, 1.807) is 18.2 Å². The Morgan fingerprint density at radius 1 is 1.16 bits per heavy atom. The number of fused-ring (bicyclic) bond motifs is 1. The first-order valence-electron chi connectivity index (χ1n) is 7.47. The third kappa shape index (κ3) is 3.19. The standard InChI is InChI=1S/C18H13BrFNO4/c1-10(18(24)25-9-11-6-7-12(19)8-15(11)20)21-16(22)13-4-2-3-5-14(13)17(21)23/h2-8,10H,9H2,1H3/t10-/m0/s1. The fourth-order valence-electron chi connectivity index (χ4n) is 2.57. The van der Waals surface area contributed by atoms with Crippen LogP contribution < -0.4 is 0 Å². The number of halogens is 2. The van der Waals surface area contributed by atoms with E-state index in [-0.39, 0.29) is 23.3 Å². The third-order valence-corrected chi connectivity index (χ3v) is 4.43. The lowest BCUT2D eigenvalue weighted by atomic mass is 10.1. The van der Waals surface area contributed by atoms with Gasteiger partial charge in [0.1, 0.15) is 18.5 Å². The maximum atomic E-state index is 13.8. The fourth-order valence-corrected chi connectivity index (χ4v) is 2.91. The molecule has 0 N–H and O–H groups in total. The van der Waals surface area contributed by atoms with E-state index in [9.17, 15) is 18.8 Å². The molecule has 2 aromatic rings. The number of imide groups is 1. The van der Waals surface area contributed by atoms with E-state index in [0.717, 1.165) is 4.90 Å². The molecule has 0 unspecified atom stereocenters. The first kappa shape index (κ1) is 17.3. The van der Waals surface area contributed by atoms with Gasteiger partial charge in [-0.15, -0.1) is 0 Å². The fraction of sp³-hybridized carbons (Fsp3) is 0.167. The second-order valence-electron chi connectivity index (χ2n) is 5.55. The van der Waals surface area contributed by atoms with E-state index in [1.807, 2.05) is 0 Å². The van der Waals surface area contributed by atoms with Gasteiger partial charge in [0, 0.05) is 10.0 Å². The van der Waals surface area contributed by atoms with Gasteiger partial charge in [0.2, 0.25) is 0 Å². The second kappa shape index (κ2) is 6.76. The molecule has 7 heteroatoms. The minimum atomic E-state index is -1.11. The number of ether oxygens (including phenoxy) is 1. The molecule has 2 amide bonds. The lowest BCUT2D eigenvalue weighted by molar-refractivity contribution is -0.149. The molecule has 0 aromatic heterocycles. The molecule has 3 rings (SSSR count). The molecule has 128 valence electrons. The van der Waals surface area contributed by atoms with E-state index in [1.165, 1.54) is 31.2 Å². The van der Waals surface area contributed by atoms with Gasteiger partial charge < -0.3 is 4.74 Å². The highest BCUT2D eigenvalue weighted by molar-refractivity contribution is 9.10. The molecule has 0 saturated heterocycles. The van der Waals surface area contributed by atoms with Crippen LogP contribution in [0.3, 0.4) is 0 Å². The van der Waals surface area contributed by atoms with Crippen LogP contribution in [0.4, 0.5) is 4.39 Å². The zero-order valence-corrected chi connectivity index (χ0v) is 14.7. The minimum Gasteiger partial charge on any atom is -0.459 e. The molecule has 0 radical (unpaired) electrons. The van der Waals surface area contributed by atoms with Gasteiger partial charge in [0.05, 0.1) is 11.1 Å². The predicted molar refractivity (Wildman–Crippen MR) is 90.3 cm³/mol. The number of esters is 1. The SMILES string of the molecule is C[C@@H](C(=O)OCc1ccc(Br)cc1F)N1C(=O)c2ccccc2C1=O. The molecule has 0 saturated carbocycles. The van der Waals surface area contributed by atoms with Crippen LogP contribution >= 0.6 is 15.9 Å².